The molecule has 3 nitrogen and oxygen atoms in total. The van der Waals surface area contributed by atoms with E-state index in [-0.39, 0.29) is 0 Å². The van der Waals surface area contributed by atoms with E-state index < -0.39 is 18.3 Å². The van der Waals surface area contributed by atoms with Crippen molar-refractivity contribution in [1.29, 1.82) is 0 Å². The lowest BCUT2D eigenvalue weighted by Crippen LogP contribution is -2.52. The summed E-state index contributed by atoms with van der Waals surface area (Å²) in [6.07, 6.45) is -4.74. The number of aliphatic hydroxyl groups is 1. The van der Waals surface area contributed by atoms with Crippen molar-refractivity contribution < 1.29 is 18.3 Å². The fourth-order valence-electron chi connectivity index (χ4n) is 0.914. The van der Waals surface area contributed by atoms with Crippen LogP contribution in [0.3, 0.4) is 0 Å². The second-order valence-electron chi connectivity index (χ2n) is 2.68. The molecule has 0 aliphatic carbocycles. The highest BCUT2D eigenvalue weighted by Crippen LogP contribution is 2.33. The number of hydrogen-bond donors (Lipinski definition) is 2. The Bertz CT molecular complexity index is 213. The number of alkyl halides is 3. The highest BCUT2D eigenvalue weighted by atomic mass is 19.4. The highest BCUT2D eigenvalue weighted by molar-refractivity contribution is 5.86. The SMILES string of the molecule is CCC1=NNC(O)(C(F)(F)F)C1. The van der Waals surface area contributed by atoms with Gasteiger partial charge in [0.15, 0.2) is 0 Å². The van der Waals surface area contributed by atoms with Crippen molar-refractivity contribution >= 4 is 5.71 Å². The molecule has 0 radical (unpaired) electrons. The maximum atomic E-state index is 12.1. The van der Waals surface area contributed by atoms with Crippen LogP contribution in [-0.2, 0) is 0 Å². The summed E-state index contributed by atoms with van der Waals surface area (Å²) in [7, 11) is 0. The molecule has 1 unspecified atom stereocenters. The van der Waals surface area contributed by atoms with Gasteiger partial charge >= 0.3 is 6.18 Å². The Morgan fingerprint density at radius 1 is 1.67 bits per heavy atom. The van der Waals surface area contributed by atoms with Crippen LogP contribution in [0, 0.1) is 0 Å². The number of hydrazone groups is 1. The minimum Gasteiger partial charge on any atom is -0.362 e. The first-order valence-electron chi connectivity index (χ1n) is 3.51. The molecule has 0 amide bonds. The van der Waals surface area contributed by atoms with Crippen molar-refractivity contribution in [3.63, 3.8) is 0 Å². The van der Waals surface area contributed by atoms with E-state index in [9.17, 15) is 13.2 Å². The molecule has 0 bridgehead atoms. The van der Waals surface area contributed by atoms with Crippen LogP contribution in [0.5, 0.6) is 0 Å². The van der Waals surface area contributed by atoms with Crippen molar-refractivity contribution in [3.05, 3.63) is 0 Å². The van der Waals surface area contributed by atoms with Crippen molar-refractivity contribution in [2.75, 3.05) is 0 Å². The van der Waals surface area contributed by atoms with E-state index in [1.54, 1.807) is 12.3 Å². The first kappa shape index (κ1) is 9.31. The zero-order valence-electron chi connectivity index (χ0n) is 6.44. The molecule has 0 saturated carbocycles. The molecule has 1 rings (SSSR count). The van der Waals surface area contributed by atoms with E-state index in [4.69, 9.17) is 5.11 Å². The lowest BCUT2D eigenvalue weighted by atomic mass is 10.1. The van der Waals surface area contributed by atoms with E-state index >= 15 is 0 Å². The Balaban J connectivity index is 2.70. The smallest absolute Gasteiger partial charge is 0.362 e. The highest BCUT2D eigenvalue weighted by Gasteiger charge is 2.56. The van der Waals surface area contributed by atoms with E-state index in [0.29, 0.717) is 12.1 Å². The molecule has 6 heteroatoms. The third kappa shape index (κ3) is 1.38. The van der Waals surface area contributed by atoms with Crippen LogP contribution >= 0.6 is 0 Å². The van der Waals surface area contributed by atoms with E-state index in [0.717, 1.165) is 0 Å². The van der Waals surface area contributed by atoms with Crippen LogP contribution in [0.25, 0.3) is 0 Å². The fraction of sp³-hybridized carbons (Fsp3) is 0.833. The molecule has 70 valence electrons. The molecular weight excluding hydrogens is 173 g/mol. The van der Waals surface area contributed by atoms with Gasteiger partial charge in [0.05, 0.1) is 0 Å². The molecule has 0 aromatic carbocycles. The number of nitrogens with zero attached hydrogens (tertiary/aromatic N) is 1. The fourth-order valence-corrected chi connectivity index (χ4v) is 0.914. The number of rotatable bonds is 1. The van der Waals surface area contributed by atoms with Crippen molar-refractivity contribution in [1.82, 2.24) is 5.43 Å². The van der Waals surface area contributed by atoms with Gasteiger partial charge in [-0.3, -0.25) is 5.43 Å². The van der Waals surface area contributed by atoms with Gasteiger partial charge in [-0.1, -0.05) is 6.92 Å². The minimum absolute atomic E-state index is 0.329. The largest absolute Gasteiger partial charge is 0.438 e. The number of hydrogen-bond acceptors (Lipinski definition) is 3. The van der Waals surface area contributed by atoms with Crippen LogP contribution in [0.4, 0.5) is 13.2 Å². The zero-order valence-corrected chi connectivity index (χ0v) is 6.44. The molecule has 1 aliphatic rings. The topological polar surface area (TPSA) is 44.6 Å². The quantitative estimate of drug-likeness (QED) is 0.635. The normalized spacial score (nSPS) is 29.9. The van der Waals surface area contributed by atoms with Crippen molar-refractivity contribution in [2.24, 2.45) is 5.10 Å². The lowest BCUT2D eigenvalue weighted by Gasteiger charge is -2.24. The van der Waals surface area contributed by atoms with E-state index in [1.165, 1.54) is 0 Å². The van der Waals surface area contributed by atoms with Gasteiger partial charge in [0, 0.05) is 12.1 Å². The van der Waals surface area contributed by atoms with Gasteiger partial charge in [0.25, 0.3) is 5.72 Å². The Morgan fingerprint density at radius 3 is 2.50 bits per heavy atom. The standard InChI is InChI=1S/C6H9F3N2O/c1-2-4-3-5(12,11-10-4)6(7,8)9/h11-12H,2-3H2,1H3. The van der Waals surface area contributed by atoms with Gasteiger partial charge in [-0.05, 0) is 6.42 Å². The first-order valence-corrected chi connectivity index (χ1v) is 3.51. The number of nitrogens with one attached hydrogen (secondary N) is 1. The maximum Gasteiger partial charge on any atom is 0.438 e. The Labute approximate surface area is 67.3 Å². The summed E-state index contributed by atoms with van der Waals surface area (Å²) in [5, 5.41) is 12.3. The van der Waals surface area contributed by atoms with Gasteiger partial charge in [0.1, 0.15) is 0 Å². The van der Waals surface area contributed by atoms with Crippen LogP contribution in [0.2, 0.25) is 0 Å². The van der Waals surface area contributed by atoms with Crippen LogP contribution in [0.1, 0.15) is 19.8 Å². The Kier molecular flexibility index (Phi) is 2.03. The molecule has 0 aromatic rings. The summed E-state index contributed by atoms with van der Waals surface area (Å²) in [5.74, 6) is 0. The molecule has 0 saturated heterocycles. The number of halogens is 3. The molecule has 0 fully saturated rings. The maximum absolute atomic E-state index is 12.1. The molecule has 1 aliphatic heterocycles. The molecule has 1 heterocycles. The van der Waals surface area contributed by atoms with E-state index in [1.807, 2.05) is 0 Å². The predicted octanol–water partition coefficient (Wildman–Crippen LogP) is 0.997. The van der Waals surface area contributed by atoms with Gasteiger partial charge in [-0.25, -0.2) is 0 Å². The molecule has 0 aromatic heterocycles. The van der Waals surface area contributed by atoms with Crippen LogP contribution in [-0.4, -0.2) is 22.7 Å². The van der Waals surface area contributed by atoms with Gasteiger partial charge in [0.2, 0.25) is 0 Å². The monoisotopic (exact) mass is 182 g/mol. The third-order valence-electron chi connectivity index (χ3n) is 1.74. The third-order valence-corrected chi connectivity index (χ3v) is 1.74. The second-order valence-corrected chi connectivity index (χ2v) is 2.68. The molecule has 2 N–H and O–H groups in total. The molecular formula is C6H9F3N2O. The van der Waals surface area contributed by atoms with Crippen molar-refractivity contribution in [3.8, 4) is 0 Å². The van der Waals surface area contributed by atoms with Crippen LogP contribution < -0.4 is 5.43 Å². The summed E-state index contributed by atoms with van der Waals surface area (Å²) in [6.45, 7) is 1.68. The average Bonchev–Trinajstić information content (AvgIpc) is 2.31. The van der Waals surface area contributed by atoms with E-state index in [2.05, 4.69) is 5.10 Å². The lowest BCUT2D eigenvalue weighted by molar-refractivity contribution is -0.266. The average molecular weight is 182 g/mol. The Morgan fingerprint density at radius 2 is 2.25 bits per heavy atom. The minimum atomic E-state index is -4.67. The van der Waals surface area contributed by atoms with Gasteiger partial charge in [-0.15, -0.1) is 0 Å². The summed E-state index contributed by atoms with van der Waals surface area (Å²) < 4.78 is 36.2. The summed E-state index contributed by atoms with van der Waals surface area (Å²) in [4.78, 5) is 0. The predicted molar refractivity (Wildman–Crippen MR) is 36.5 cm³/mol. The summed E-state index contributed by atoms with van der Waals surface area (Å²) in [5.41, 5.74) is -0.828. The molecule has 12 heavy (non-hydrogen) atoms. The van der Waals surface area contributed by atoms with Gasteiger partial charge < -0.3 is 5.11 Å². The zero-order chi connectivity index (χ0) is 9.41. The second kappa shape index (κ2) is 2.62. The first-order chi connectivity index (χ1) is 5.39. The van der Waals surface area contributed by atoms with Crippen LogP contribution in [0.15, 0.2) is 5.10 Å². The molecule has 0 spiro atoms. The van der Waals surface area contributed by atoms with Crippen molar-refractivity contribution in [2.45, 2.75) is 31.7 Å². The Hall–Kier alpha value is -0.780. The summed E-state index contributed by atoms with van der Waals surface area (Å²) >= 11 is 0. The summed E-state index contributed by atoms with van der Waals surface area (Å²) in [6, 6.07) is 0. The molecule has 1 atom stereocenters. The van der Waals surface area contributed by atoms with Gasteiger partial charge in [-0.2, -0.15) is 18.3 Å².